The van der Waals surface area contributed by atoms with Gasteiger partial charge in [-0.3, -0.25) is 4.79 Å². The van der Waals surface area contributed by atoms with Crippen molar-refractivity contribution in [3.63, 3.8) is 0 Å². The van der Waals surface area contributed by atoms with Crippen molar-refractivity contribution in [2.75, 3.05) is 0 Å². The zero-order valence-corrected chi connectivity index (χ0v) is 11.8. The van der Waals surface area contributed by atoms with E-state index < -0.39 is 11.8 Å². The molecule has 2 rings (SSSR count). The zero-order chi connectivity index (χ0) is 16.1. The monoisotopic (exact) mass is 298 g/mol. The second-order valence-corrected chi connectivity index (χ2v) is 4.63. The van der Waals surface area contributed by atoms with Crippen molar-refractivity contribution >= 4 is 23.9 Å². The van der Waals surface area contributed by atoms with Gasteiger partial charge in [0.2, 0.25) is 5.78 Å². The van der Waals surface area contributed by atoms with Crippen molar-refractivity contribution in [3.8, 4) is 17.2 Å². The van der Waals surface area contributed by atoms with E-state index in [2.05, 4.69) is 0 Å². The summed E-state index contributed by atoms with van der Waals surface area (Å²) in [5.74, 6) is -1.53. The normalized spacial score (nSPS) is 10.6. The first-order valence-electron chi connectivity index (χ1n) is 6.48. The van der Waals surface area contributed by atoms with Gasteiger partial charge in [-0.05, 0) is 35.4 Å². The summed E-state index contributed by atoms with van der Waals surface area (Å²) in [6, 6.07) is 10.8. The molecule has 22 heavy (non-hydrogen) atoms. The van der Waals surface area contributed by atoms with Gasteiger partial charge >= 0.3 is 5.97 Å². The molecule has 0 amide bonds. The van der Waals surface area contributed by atoms with Crippen LogP contribution in [0.25, 0.3) is 12.2 Å². The van der Waals surface area contributed by atoms with Gasteiger partial charge in [-0.25, -0.2) is 4.79 Å². The number of ketones is 1. The van der Waals surface area contributed by atoms with Crippen LogP contribution in [0, 0.1) is 0 Å². The summed E-state index contributed by atoms with van der Waals surface area (Å²) in [6.07, 6.45) is 3.47. The molecule has 0 aliphatic heterocycles. The molecule has 5 nitrogen and oxygen atoms in total. The molecule has 0 bridgehead atoms. The number of aromatic hydroxyl groups is 2. The molecule has 0 saturated carbocycles. The minimum absolute atomic E-state index is 0.0841. The Morgan fingerprint density at radius 3 is 2.18 bits per heavy atom. The van der Waals surface area contributed by atoms with Gasteiger partial charge < -0.3 is 14.9 Å². The van der Waals surface area contributed by atoms with Crippen LogP contribution in [0.5, 0.6) is 17.2 Å². The average molecular weight is 298 g/mol. The lowest BCUT2D eigenvalue weighted by Crippen LogP contribution is -2.16. The SMILES string of the molecule is CC(=O)C(=O)Oc1cc(O)cc(C=Cc2ccc(O)cc2)c1. The standard InChI is InChI=1S/C17H14O5/c1-11(18)17(21)22-16-9-13(8-15(20)10-16)3-2-12-4-6-14(19)7-5-12/h2-10,19-20H,1H3. The van der Waals surface area contributed by atoms with Gasteiger partial charge in [-0.15, -0.1) is 0 Å². The van der Waals surface area contributed by atoms with E-state index in [1.807, 2.05) is 0 Å². The summed E-state index contributed by atoms with van der Waals surface area (Å²) >= 11 is 0. The molecule has 0 aromatic heterocycles. The summed E-state index contributed by atoms with van der Waals surface area (Å²) in [5, 5.41) is 18.8. The maximum atomic E-state index is 11.3. The number of carbonyl (C=O) groups excluding carboxylic acids is 2. The highest BCUT2D eigenvalue weighted by Gasteiger charge is 2.11. The Bertz CT molecular complexity index is 729. The molecule has 0 atom stereocenters. The Morgan fingerprint density at radius 2 is 1.55 bits per heavy atom. The third-order valence-electron chi connectivity index (χ3n) is 2.77. The van der Waals surface area contributed by atoms with Crippen LogP contribution in [-0.4, -0.2) is 22.0 Å². The lowest BCUT2D eigenvalue weighted by molar-refractivity contribution is -0.146. The molecule has 2 aromatic carbocycles. The summed E-state index contributed by atoms with van der Waals surface area (Å²) in [6.45, 7) is 1.11. The van der Waals surface area contributed by atoms with Crippen LogP contribution in [0.1, 0.15) is 18.1 Å². The van der Waals surface area contributed by atoms with Gasteiger partial charge in [0.05, 0.1) is 0 Å². The molecule has 0 unspecified atom stereocenters. The van der Waals surface area contributed by atoms with Crippen LogP contribution in [0.15, 0.2) is 42.5 Å². The van der Waals surface area contributed by atoms with E-state index in [0.29, 0.717) is 5.56 Å². The highest BCUT2D eigenvalue weighted by Crippen LogP contribution is 2.23. The molecular formula is C17H14O5. The van der Waals surface area contributed by atoms with E-state index in [4.69, 9.17) is 4.74 Å². The maximum Gasteiger partial charge on any atom is 0.379 e. The Kier molecular flexibility index (Phi) is 4.58. The van der Waals surface area contributed by atoms with E-state index >= 15 is 0 Å². The van der Waals surface area contributed by atoms with Crippen LogP contribution < -0.4 is 4.74 Å². The lowest BCUT2D eigenvalue weighted by atomic mass is 10.1. The molecule has 0 radical (unpaired) electrons. The molecule has 0 heterocycles. The van der Waals surface area contributed by atoms with Crippen LogP contribution in [0.4, 0.5) is 0 Å². The fraction of sp³-hybridized carbons (Fsp3) is 0.0588. The van der Waals surface area contributed by atoms with Crippen LogP contribution in [0.2, 0.25) is 0 Å². The van der Waals surface area contributed by atoms with Crippen molar-refractivity contribution in [1.82, 2.24) is 0 Å². The van der Waals surface area contributed by atoms with E-state index in [9.17, 15) is 19.8 Å². The number of esters is 1. The summed E-state index contributed by atoms with van der Waals surface area (Å²) in [5.41, 5.74) is 1.45. The predicted octanol–water partition coefficient (Wildman–Crippen LogP) is 2.76. The third-order valence-corrected chi connectivity index (χ3v) is 2.77. The molecule has 2 N–H and O–H groups in total. The zero-order valence-electron chi connectivity index (χ0n) is 11.8. The van der Waals surface area contributed by atoms with Gasteiger partial charge in [0.1, 0.15) is 17.2 Å². The average Bonchev–Trinajstić information content (AvgIpc) is 2.46. The number of phenolic OH excluding ortho intramolecular Hbond substituents is 2. The first-order chi connectivity index (χ1) is 10.4. The fourth-order valence-electron chi connectivity index (χ4n) is 1.72. The van der Waals surface area contributed by atoms with E-state index in [1.165, 1.54) is 18.2 Å². The molecule has 2 aromatic rings. The molecule has 0 fully saturated rings. The van der Waals surface area contributed by atoms with Crippen molar-refractivity contribution in [2.24, 2.45) is 0 Å². The Balaban J connectivity index is 2.20. The smallest absolute Gasteiger partial charge is 0.379 e. The van der Waals surface area contributed by atoms with Crippen molar-refractivity contribution < 1.29 is 24.5 Å². The number of benzene rings is 2. The molecule has 0 saturated heterocycles. The first kappa shape index (κ1) is 15.3. The van der Waals surface area contributed by atoms with Crippen molar-refractivity contribution in [2.45, 2.75) is 6.92 Å². The maximum absolute atomic E-state index is 11.3. The Hall–Kier alpha value is -3.08. The second kappa shape index (κ2) is 6.58. The van der Waals surface area contributed by atoms with Crippen LogP contribution >= 0.6 is 0 Å². The van der Waals surface area contributed by atoms with Crippen LogP contribution in [0.3, 0.4) is 0 Å². The van der Waals surface area contributed by atoms with Gasteiger partial charge in [-0.2, -0.15) is 0 Å². The Morgan fingerprint density at radius 1 is 0.909 bits per heavy atom. The number of hydrogen-bond donors (Lipinski definition) is 2. The van der Waals surface area contributed by atoms with Gasteiger partial charge in [0.15, 0.2) is 0 Å². The molecule has 0 aliphatic carbocycles. The highest BCUT2D eigenvalue weighted by atomic mass is 16.5. The summed E-state index contributed by atoms with van der Waals surface area (Å²) < 4.78 is 4.85. The topological polar surface area (TPSA) is 83.8 Å². The van der Waals surface area contributed by atoms with Gasteiger partial charge in [0.25, 0.3) is 0 Å². The van der Waals surface area contributed by atoms with Gasteiger partial charge in [0, 0.05) is 13.0 Å². The molecule has 0 aliphatic rings. The Labute approximate surface area is 127 Å². The lowest BCUT2D eigenvalue weighted by Gasteiger charge is -2.04. The number of carbonyl (C=O) groups is 2. The fourth-order valence-corrected chi connectivity index (χ4v) is 1.72. The number of phenols is 2. The minimum atomic E-state index is -0.987. The van der Waals surface area contributed by atoms with Crippen molar-refractivity contribution in [3.05, 3.63) is 53.6 Å². The third kappa shape index (κ3) is 4.21. The van der Waals surface area contributed by atoms with Crippen molar-refractivity contribution in [1.29, 1.82) is 0 Å². The largest absolute Gasteiger partial charge is 0.508 e. The van der Waals surface area contributed by atoms with E-state index in [1.54, 1.807) is 36.4 Å². The van der Waals surface area contributed by atoms with E-state index in [0.717, 1.165) is 12.5 Å². The highest BCUT2D eigenvalue weighted by molar-refractivity contribution is 6.33. The molecule has 0 spiro atoms. The summed E-state index contributed by atoms with van der Waals surface area (Å²) in [4.78, 5) is 22.1. The number of hydrogen-bond acceptors (Lipinski definition) is 5. The minimum Gasteiger partial charge on any atom is -0.508 e. The quantitative estimate of drug-likeness (QED) is 0.392. The molecule has 112 valence electrons. The number of ether oxygens (including phenoxy) is 1. The molecular weight excluding hydrogens is 284 g/mol. The number of rotatable bonds is 4. The first-order valence-corrected chi connectivity index (χ1v) is 6.48. The second-order valence-electron chi connectivity index (χ2n) is 4.63. The molecule has 5 heteroatoms. The van der Waals surface area contributed by atoms with Gasteiger partial charge in [-0.1, -0.05) is 24.3 Å². The number of Topliss-reactive ketones (excluding diaryl/α,β-unsaturated/α-hetero) is 1. The van der Waals surface area contributed by atoms with Crippen LogP contribution in [-0.2, 0) is 9.59 Å². The summed E-state index contributed by atoms with van der Waals surface area (Å²) in [7, 11) is 0. The predicted molar refractivity (Wildman–Crippen MR) is 81.5 cm³/mol. The van der Waals surface area contributed by atoms with E-state index in [-0.39, 0.29) is 17.2 Å².